The van der Waals surface area contributed by atoms with Crippen molar-refractivity contribution in [3.8, 4) is 0 Å². The Morgan fingerprint density at radius 1 is 1.19 bits per heavy atom. The molecule has 2 N–H and O–H groups in total. The summed E-state index contributed by atoms with van der Waals surface area (Å²) < 4.78 is 0. The number of anilines is 1. The second kappa shape index (κ2) is 5.77. The number of carbonyl (C=O) groups excluding carboxylic acids is 1. The summed E-state index contributed by atoms with van der Waals surface area (Å²) in [6.07, 6.45) is 0. The van der Waals surface area contributed by atoms with E-state index in [2.05, 4.69) is 15.6 Å². The molecule has 2 aromatic rings. The van der Waals surface area contributed by atoms with Crippen molar-refractivity contribution in [2.45, 2.75) is 27.7 Å². The molecule has 2 rings (SSSR count). The molecule has 0 aliphatic rings. The first-order chi connectivity index (χ1) is 9.77. The monoisotopic (exact) mass is 301 g/mol. The number of aryl methyl sites for hydroxylation is 1. The van der Waals surface area contributed by atoms with Crippen molar-refractivity contribution in [1.29, 1.82) is 0 Å². The zero-order valence-electron chi connectivity index (χ0n) is 12.7. The van der Waals surface area contributed by atoms with E-state index in [9.17, 15) is 4.79 Å². The van der Waals surface area contributed by atoms with E-state index < -0.39 is 5.41 Å². The van der Waals surface area contributed by atoms with Crippen molar-refractivity contribution >= 4 is 39.8 Å². The SMILES string of the molecule is Cc1ccc2c(NC(=S)NC(=O)C(C)(C)C)cccc2n1. The Kier molecular flexibility index (Phi) is 4.23. The van der Waals surface area contributed by atoms with Crippen molar-refractivity contribution in [1.82, 2.24) is 10.3 Å². The molecule has 0 aliphatic carbocycles. The second-order valence-electron chi connectivity index (χ2n) is 5.98. The van der Waals surface area contributed by atoms with Crippen LogP contribution in [0.3, 0.4) is 0 Å². The van der Waals surface area contributed by atoms with Crippen LogP contribution in [0.25, 0.3) is 10.9 Å². The molecule has 1 aromatic carbocycles. The number of nitrogens with one attached hydrogen (secondary N) is 2. The Balaban J connectivity index is 2.20. The van der Waals surface area contributed by atoms with Crippen molar-refractivity contribution in [2.75, 3.05) is 5.32 Å². The molecule has 21 heavy (non-hydrogen) atoms. The number of thiocarbonyl (C=S) groups is 1. The van der Waals surface area contributed by atoms with E-state index in [4.69, 9.17) is 12.2 Å². The van der Waals surface area contributed by atoms with Crippen LogP contribution in [0, 0.1) is 12.3 Å². The number of hydrogen-bond acceptors (Lipinski definition) is 3. The van der Waals surface area contributed by atoms with Crippen LogP contribution in [-0.2, 0) is 4.79 Å². The number of carbonyl (C=O) groups is 1. The van der Waals surface area contributed by atoms with Crippen LogP contribution in [0.2, 0.25) is 0 Å². The van der Waals surface area contributed by atoms with Gasteiger partial charge in [-0.05, 0) is 43.4 Å². The van der Waals surface area contributed by atoms with Gasteiger partial charge in [0.15, 0.2) is 5.11 Å². The van der Waals surface area contributed by atoms with E-state index in [-0.39, 0.29) is 5.91 Å². The maximum absolute atomic E-state index is 11.9. The normalized spacial score (nSPS) is 11.2. The van der Waals surface area contributed by atoms with Crippen LogP contribution >= 0.6 is 12.2 Å². The van der Waals surface area contributed by atoms with Crippen molar-refractivity contribution < 1.29 is 4.79 Å². The van der Waals surface area contributed by atoms with E-state index in [1.54, 1.807) is 0 Å². The van der Waals surface area contributed by atoms with E-state index >= 15 is 0 Å². The van der Waals surface area contributed by atoms with Gasteiger partial charge in [0.2, 0.25) is 5.91 Å². The van der Waals surface area contributed by atoms with Gasteiger partial charge in [-0.25, -0.2) is 0 Å². The van der Waals surface area contributed by atoms with Gasteiger partial charge < -0.3 is 10.6 Å². The third-order valence-corrected chi connectivity index (χ3v) is 3.23. The molecule has 1 heterocycles. The van der Waals surface area contributed by atoms with E-state index in [0.717, 1.165) is 22.3 Å². The molecule has 0 radical (unpaired) electrons. The van der Waals surface area contributed by atoms with Gasteiger partial charge in [-0.15, -0.1) is 0 Å². The summed E-state index contributed by atoms with van der Waals surface area (Å²) in [5.41, 5.74) is 2.20. The van der Waals surface area contributed by atoms with Gasteiger partial charge in [0.1, 0.15) is 0 Å². The number of aromatic nitrogens is 1. The van der Waals surface area contributed by atoms with E-state index in [1.807, 2.05) is 58.0 Å². The average molecular weight is 301 g/mol. The predicted octanol–water partition coefficient (Wildman–Crippen LogP) is 3.40. The standard InChI is InChI=1S/C16H19N3OS/c1-10-8-9-11-12(17-10)6-5-7-13(11)18-15(21)19-14(20)16(2,3)4/h5-9H,1-4H3,(H2,18,19,20,21). The molecule has 0 saturated heterocycles. The number of amides is 1. The molecule has 0 spiro atoms. The molecule has 1 aromatic heterocycles. The second-order valence-corrected chi connectivity index (χ2v) is 6.39. The summed E-state index contributed by atoms with van der Waals surface area (Å²) in [5, 5.41) is 7.03. The van der Waals surface area contributed by atoms with Crippen LogP contribution in [0.15, 0.2) is 30.3 Å². The minimum atomic E-state index is -0.483. The molecule has 1 amide bonds. The molecular formula is C16H19N3OS. The quantitative estimate of drug-likeness (QED) is 0.793. The first kappa shape index (κ1) is 15.4. The van der Waals surface area contributed by atoms with E-state index in [1.165, 1.54) is 0 Å². The Bertz CT molecular complexity index is 704. The largest absolute Gasteiger partial charge is 0.332 e. The molecular weight excluding hydrogens is 282 g/mol. The fraction of sp³-hybridized carbons (Fsp3) is 0.312. The minimum Gasteiger partial charge on any atom is -0.332 e. The number of hydrogen-bond donors (Lipinski definition) is 2. The lowest BCUT2D eigenvalue weighted by Crippen LogP contribution is -2.41. The summed E-state index contributed by atoms with van der Waals surface area (Å²) >= 11 is 5.21. The van der Waals surface area contributed by atoms with Gasteiger partial charge in [-0.3, -0.25) is 9.78 Å². The average Bonchev–Trinajstić information content (AvgIpc) is 2.37. The highest BCUT2D eigenvalue weighted by molar-refractivity contribution is 7.80. The minimum absolute atomic E-state index is 0.116. The van der Waals surface area contributed by atoms with Crippen LogP contribution in [-0.4, -0.2) is 16.0 Å². The molecule has 4 nitrogen and oxygen atoms in total. The van der Waals surface area contributed by atoms with Crippen LogP contribution in [0.5, 0.6) is 0 Å². The number of benzene rings is 1. The Hall–Kier alpha value is -2.01. The topological polar surface area (TPSA) is 54.0 Å². The Morgan fingerprint density at radius 3 is 2.57 bits per heavy atom. The van der Waals surface area contributed by atoms with Crippen molar-refractivity contribution in [3.05, 3.63) is 36.0 Å². The van der Waals surface area contributed by atoms with Gasteiger partial charge in [0.25, 0.3) is 0 Å². The zero-order chi connectivity index (χ0) is 15.6. The third-order valence-electron chi connectivity index (χ3n) is 3.03. The van der Waals surface area contributed by atoms with Gasteiger partial charge >= 0.3 is 0 Å². The number of pyridine rings is 1. The van der Waals surface area contributed by atoms with E-state index in [0.29, 0.717) is 5.11 Å². The number of nitrogens with zero attached hydrogens (tertiary/aromatic N) is 1. The van der Waals surface area contributed by atoms with Crippen molar-refractivity contribution in [2.24, 2.45) is 5.41 Å². The highest BCUT2D eigenvalue weighted by Gasteiger charge is 2.22. The summed E-state index contributed by atoms with van der Waals surface area (Å²) in [7, 11) is 0. The Labute approximate surface area is 130 Å². The summed E-state index contributed by atoms with van der Waals surface area (Å²) in [4.78, 5) is 16.4. The summed E-state index contributed by atoms with van der Waals surface area (Å²) in [5.74, 6) is -0.116. The van der Waals surface area contributed by atoms with Crippen molar-refractivity contribution in [3.63, 3.8) is 0 Å². The highest BCUT2D eigenvalue weighted by Crippen LogP contribution is 2.22. The molecule has 5 heteroatoms. The van der Waals surface area contributed by atoms with Crippen LogP contribution in [0.1, 0.15) is 26.5 Å². The molecule has 0 fully saturated rings. The summed E-state index contributed by atoms with van der Waals surface area (Å²) in [6.45, 7) is 7.48. The molecule has 0 atom stereocenters. The summed E-state index contributed by atoms with van der Waals surface area (Å²) in [6, 6.07) is 9.71. The molecule has 0 unspecified atom stereocenters. The fourth-order valence-electron chi connectivity index (χ4n) is 1.81. The van der Waals surface area contributed by atoms with Gasteiger partial charge in [0.05, 0.1) is 5.52 Å². The smallest absolute Gasteiger partial charge is 0.231 e. The molecule has 0 bridgehead atoms. The lowest BCUT2D eigenvalue weighted by atomic mass is 9.96. The van der Waals surface area contributed by atoms with Gasteiger partial charge in [0, 0.05) is 22.2 Å². The third kappa shape index (κ3) is 3.76. The predicted molar refractivity (Wildman–Crippen MR) is 90.3 cm³/mol. The fourth-order valence-corrected chi connectivity index (χ4v) is 2.01. The first-order valence-electron chi connectivity index (χ1n) is 6.76. The first-order valence-corrected chi connectivity index (χ1v) is 7.17. The number of fused-ring (bicyclic) bond motifs is 1. The number of rotatable bonds is 1. The van der Waals surface area contributed by atoms with Gasteiger partial charge in [-0.2, -0.15) is 0 Å². The Morgan fingerprint density at radius 2 is 1.90 bits per heavy atom. The molecule has 110 valence electrons. The van der Waals surface area contributed by atoms with Gasteiger partial charge in [-0.1, -0.05) is 26.8 Å². The lowest BCUT2D eigenvalue weighted by Gasteiger charge is -2.19. The molecule has 0 aliphatic heterocycles. The maximum atomic E-state index is 11.9. The molecule has 0 saturated carbocycles. The van der Waals surface area contributed by atoms with Crippen LogP contribution in [0.4, 0.5) is 5.69 Å². The zero-order valence-corrected chi connectivity index (χ0v) is 13.5. The lowest BCUT2D eigenvalue weighted by molar-refractivity contribution is -0.126. The highest BCUT2D eigenvalue weighted by atomic mass is 32.1. The maximum Gasteiger partial charge on any atom is 0.231 e. The van der Waals surface area contributed by atoms with Crippen LogP contribution < -0.4 is 10.6 Å².